The molecule has 0 unspecified atom stereocenters. The zero-order valence-corrected chi connectivity index (χ0v) is 34.3. The van der Waals surface area contributed by atoms with Crippen LogP contribution in [0.3, 0.4) is 0 Å². The Balaban J connectivity index is 0.881. The van der Waals surface area contributed by atoms with Gasteiger partial charge < -0.3 is 18.6 Å². The fourth-order valence-corrected chi connectivity index (χ4v) is 8.42. The molecule has 0 saturated carbocycles. The van der Waals surface area contributed by atoms with Gasteiger partial charge in [0.15, 0.2) is 0 Å². The molecule has 0 atom stereocenters. The first kappa shape index (κ1) is 36.9. The largest absolute Gasteiger partial charge is 0.418 e. The minimum atomic E-state index is 0.514. The Kier molecular flexibility index (Phi) is 8.97. The number of nitrogens with zero attached hydrogens (tertiary/aromatic N) is 6. The smallest absolute Gasteiger partial charge is 0.247 e. The van der Waals surface area contributed by atoms with Crippen LogP contribution < -0.4 is 9.80 Å². The number of hydrogen-bond acceptors (Lipinski definition) is 8. The summed E-state index contributed by atoms with van der Waals surface area (Å²) >= 11 is 0. The van der Waals surface area contributed by atoms with Gasteiger partial charge in [-0.3, -0.25) is 0 Å². The molecule has 8 aromatic carbocycles. The van der Waals surface area contributed by atoms with E-state index in [4.69, 9.17) is 8.83 Å². The molecule has 12 rings (SSSR count). The average molecular weight is 825 g/mol. The van der Waals surface area contributed by atoms with Crippen molar-refractivity contribution in [3.63, 3.8) is 0 Å². The van der Waals surface area contributed by atoms with Crippen molar-refractivity contribution < 1.29 is 8.83 Å². The quantitative estimate of drug-likeness (QED) is 0.142. The monoisotopic (exact) mass is 824 g/mol. The lowest BCUT2D eigenvalue weighted by Gasteiger charge is -2.27. The van der Waals surface area contributed by atoms with Crippen molar-refractivity contribution in [2.45, 2.75) is 0 Å². The number of aromatic nitrogens is 4. The van der Waals surface area contributed by atoms with Gasteiger partial charge in [-0.1, -0.05) is 84.9 Å². The molecule has 64 heavy (non-hydrogen) atoms. The van der Waals surface area contributed by atoms with Crippen LogP contribution in [0.15, 0.2) is 227 Å². The number of anilines is 6. The van der Waals surface area contributed by atoms with Crippen molar-refractivity contribution in [2.24, 2.45) is 0 Å². The Hall–Kier alpha value is -8.88. The summed E-state index contributed by atoms with van der Waals surface area (Å²) in [5, 5.41) is 4.83. The van der Waals surface area contributed by atoms with Gasteiger partial charge in [0.1, 0.15) is 11.0 Å². The lowest BCUT2D eigenvalue weighted by atomic mass is 10.0. The van der Waals surface area contributed by atoms with E-state index in [1.54, 1.807) is 12.4 Å². The highest BCUT2D eigenvalue weighted by Crippen LogP contribution is 2.41. The van der Waals surface area contributed by atoms with Gasteiger partial charge in [-0.25, -0.2) is 19.9 Å². The van der Waals surface area contributed by atoms with E-state index in [1.807, 2.05) is 48.5 Å². The van der Waals surface area contributed by atoms with Gasteiger partial charge in [-0.05, 0) is 154 Å². The molecule has 0 amide bonds. The molecule has 0 aliphatic heterocycles. The van der Waals surface area contributed by atoms with Gasteiger partial charge in [0.2, 0.25) is 23.2 Å². The van der Waals surface area contributed by atoms with Crippen LogP contribution in [0.25, 0.3) is 78.0 Å². The fourth-order valence-electron chi connectivity index (χ4n) is 8.42. The molecule has 0 fully saturated rings. The fraction of sp³-hybridized carbons (Fsp3) is 0. The SMILES string of the molecule is c1ccc2cc(N(c3ccc(-c4ccc(N(c5ccc(-c6nc7cccnc7o6)cc5)c5ccc(-c6nc7cccnc7o6)cc5)cc4)cc3)c3ccc4ccccc4c3)ccc2c1. The van der Waals surface area contributed by atoms with Crippen molar-refractivity contribution in [3.05, 3.63) is 219 Å². The van der Waals surface area contributed by atoms with Crippen molar-refractivity contribution in [1.29, 1.82) is 0 Å². The molecule has 0 N–H and O–H groups in total. The van der Waals surface area contributed by atoms with Gasteiger partial charge in [0.25, 0.3) is 0 Å². The Bertz CT molecular complexity index is 3360. The molecular formula is C56H36N6O2. The molecule has 4 aromatic heterocycles. The first-order valence-electron chi connectivity index (χ1n) is 21.1. The molecule has 0 saturated heterocycles. The van der Waals surface area contributed by atoms with Crippen molar-refractivity contribution in [3.8, 4) is 34.0 Å². The summed E-state index contributed by atoms with van der Waals surface area (Å²) in [4.78, 5) is 22.6. The van der Waals surface area contributed by atoms with Crippen LogP contribution in [0, 0.1) is 0 Å². The summed E-state index contributed by atoms with van der Waals surface area (Å²) in [6.07, 6.45) is 3.41. The van der Waals surface area contributed by atoms with E-state index in [2.05, 4.69) is 187 Å². The minimum absolute atomic E-state index is 0.514. The molecule has 0 spiro atoms. The molecule has 0 aliphatic carbocycles. The predicted octanol–water partition coefficient (Wildman–Crippen LogP) is 15.0. The summed E-state index contributed by atoms with van der Waals surface area (Å²) in [5.41, 5.74) is 12.6. The number of benzene rings is 8. The number of pyridine rings is 2. The molecule has 0 bridgehead atoms. The highest BCUT2D eigenvalue weighted by atomic mass is 16.4. The molecule has 0 aliphatic rings. The number of oxazole rings is 2. The van der Waals surface area contributed by atoms with Gasteiger partial charge in [0.05, 0.1) is 0 Å². The Labute approximate surface area is 368 Å². The van der Waals surface area contributed by atoms with Crippen LogP contribution in [0.1, 0.15) is 0 Å². The maximum atomic E-state index is 5.99. The highest BCUT2D eigenvalue weighted by molar-refractivity contribution is 5.93. The van der Waals surface area contributed by atoms with E-state index in [0.717, 1.165) is 67.4 Å². The van der Waals surface area contributed by atoms with E-state index < -0.39 is 0 Å². The minimum Gasteiger partial charge on any atom is -0.418 e. The van der Waals surface area contributed by atoms with Gasteiger partial charge in [-0.2, -0.15) is 0 Å². The van der Waals surface area contributed by atoms with Gasteiger partial charge >= 0.3 is 0 Å². The molecule has 4 heterocycles. The molecule has 8 heteroatoms. The molecule has 8 nitrogen and oxygen atoms in total. The Morgan fingerprint density at radius 1 is 0.297 bits per heavy atom. The van der Waals surface area contributed by atoms with Crippen LogP contribution in [0.4, 0.5) is 34.1 Å². The topological polar surface area (TPSA) is 84.3 Å². The Morgan fingerprint density at radius 3 is 1.03 bits per heavy atom. The third-order valence-corrected chi connectivity index (χ3v) is 11.6. The molecular weight excluding hydrogens is 789 g/mol. The first-order chi connectivity index (χ1) is 31.7. The highest BCUT2D eigenvalue weighted by Gasteiger charge is 2.18. The van der Waals surface area contributed by atoms with Crippen LogP contribution in [-0.4, -0.2) is 19.9 Å². The maximum Gasteiger partial charge on any atom is 0.247 e. The van der Waals surface area contributed by atoms with E-state index >= 15 is 0 Å². The predicted molar refractivity (Wildman–Crippen MR) is 258 cm³/mol. The van der Waals surface area contributed by atoms with E-state index in [1.165, 1.54) is 21.5 Å². The number of fused-ring (bicyclic) bond motifs is 4. The normalized spacial score (nSPS) is 11.4. The van der Waals surface area contributed by atoms with Gasteiger partial charge in [-0.15, -0.1) is 0 Å². The van der Waals surface area contributed by atoms with Crippen molar-refractivity contribution >= 4 is 78.1 Å². The number of rotatable bonds is 9. The van der Waals surface area contributed by atoms with Gasteiger partial charge in [0, 0.05) is 57.6 Å². The third kappa shape index (κ3) is 6.85. The Morgan fingerprint density at radius 2 is 0.641 bits per heavy atom. The van der Waals surface area contributed by atoms with Crippen LogP contribution in [0.5, 0.6) is 0 Å². The standard InChI is InChI=1S/C56H36N6O2/c1-3-9-43-35-49(31-17-37(43)7-1)62(50-32-18-38-8-2-4-10-44(38)36-50)48-25-15-40(16-26-48)39-13-23-45(24-14-39)61(46-27-19-41(20-28-46)53-59-51-11-5-33-57-55(51)63-53)47-29-21-42(22-30-47)54-60-52-12-6-34-58-56(52)64-54/h1-36H. The summed E-state index contributed by atoms with van der Waals surface area (Å²) in [7, 11) is 0. The lowest BCUT2D eigenvalue weighted by molar-refractivity contribution is 0.607. The average Bonchev–Trinajstić information content (AvgIpc) is 4.01. The second kappa shape index (κ2) is 15.5. The van der Waals surface area contributed by atoms with E-state index in [0.29, 0.717) is 23.2 Å². The van der Waals surface area contributed by atoms with E-state index in [9.17, 15) is 0 Å². The van der Waals surface area contributed by atoms with Crippen LogP contribution >= 0.6 is 0 Å². The summed E-state index contributed by atoms with van der Waals surface area (Å²) in [5.74, 6) is 1.05. The zero-order chi connectivity index (χ0) is 42.4. The van der Waals surface area contributed by atoms with Crippen LogP contribution in [-0.2, 0) is 0 Å². The molecule has 0 radical (unpaired) electrons. The zero-order valence-electron chi connectivity index (χ0n) is 34.3. The van der Waals surface area contributed by atoms with E-state index in [-0.39, 0.29) is 0 Å². The molecule has 302 valence electrons. The summed E-state index contributed by atoms with van der Waals surface area (Å²) in [6.45, 7) is 0. The van der Waals surface area contributed by atoms with Crippen molar-refractivity contribution in [2.75, 3.05) is 9.80 Å². The number of hydrogen-bond donors (Lipinski definition) is 0. The second-order valence-corrected chi connectivity index (χ2v) is 15.6. The maximum absolute atomic E-state index is 5.99. The third-order valence-electron chi connectivity index (χ3n) is 11.6. The second-order valence-electron chi connectivity index (χ2n) is 15.6. The van der Waals surface area contributed by atoms with Crippen molar-refractivity contribution in [1.82, 2.24) is 19.9 Å². The lowest BCUT2D eigenvalue weighted by Crippen LogP contribution is -2.10. The first-order valence-corrected chi connectivity index (χ1v) is 21.1. The van der Waals surface area contributed by atoms with Crippen LogP contribution in [0.2, 0.25) is 0 Å². The summed E-state index contributed by atoms with van der Waals surface area (Å²) in [6, 6.07) is 71.9. The molecule has 12 aromatic rings. The summed E-state index contributed by atoms with van der Waals surface area (Å²) < 4.78 is 12.0.